The van der Waals surface area contributed by atoms with Gasteiger partial charge in [-0.2, -0.15) is 15.0 Å². The van der Waals surface area contributed by atoms with Crippen LogP contribution in [-0.4, -0.2) is 21.0 Å². The molecule has 0 amide bonds. The minimum absolute atomic E-state index is 0.189. The van der Waals surface area contributed by atoms with Crippen LogP contribution < -0.4 is 11.1 Å². The van der Waals surface area contributed by atoms with Gasteiger partial charge in [0.1, 0.15) is 0 Å². The number of nitrogens with two attached hydrogens (primary N) is 1. The summed E-state index contributed by atoms with van der Waals surface area (Å²) >= 11 is 5.57. The van der Waals surface area contributed by atoms with Crippen molar-refractivity contribution in [2.24, 2.45) is 0 Å². The number of hydrogen-bond donors (Lipinski definition) is 2. The van der Waals surface area contributed by atoms with E-state index in [1.54, 1.807) is 0 Å². The highest BCUT2D eigenvalue weighted by atomic mass is 35.5. The van der Waals surface area contributed by atoms with Gasteiger partial charge in [-0.05, 0) is 13.8 Å². The minimum atomic E-state index is 0.189. The Morgan fingerprint density at radius 1 is 1.38 bits per heavy atom. The Hall–Kier alpha value is -1.10. The van der Waals surface area contributed by atoms with Crippen LogP contribution in [0.3, 0.4) is 0 Å². The first-order chi connectivity index (χ1) is 6.11. The average molecular weight is 202 g/mol. The van der Waals surface area contributed by atoms with E-state index in [4.69, 9.17) is 17.3 Å². The number of nitrogens with one attached hydrogen (secondary N) is 1. The van der Waals surface area contributed by atoms with Crippen LogP contribution in [0.1, 0.15) is 19.7 Å². The molecule has 72 valence electrons. The van der Waals surface area contributed by atoms with Gasteiger partial charge in [-0.15, -0.1) is 11.6 Å². The van der Waals surface area contributed by atoms with Crippen molar-refractivity contribution < 1.29 is 0 Å². The lowest BCUT2D eigenvalue weighted by molar-refractivity contribution is 0.857. The van der Waals surface area contributed by atoms with Crippen molar-refractivity contribution in [2.75, 3.05) is 11.1 Å². The fourth-order valence-corrected chi connectivity index (χ4v) is 0.940. The van der Waals surface area contributed by atoms with E-state index in [1.807, 2.05) is 13.8 Å². The van der Waals surface area contributed by atoms with Gasteiger partial charge < -0.3 is 11.1 Å². The van der Waals surface area contributed by atoms with Crippen LogP contribution in [0.4, 0.5) is 11.9 Å². The van der Waals surface area contributed by atoms with E-state index in [0.29, 0.717) is 11.8 Å². The lowest BCUT2D eigenvalue weighted by Crippen LogP contribution is -2.15. The molecule has 0 bridgehead atoms. The maximum atomic E-state index is 5.57. The summed E-state index contributed by atoms with van der Waals surface area (Å²) < 4.78 is 0. The predicted octanol–water partition coefficient (Wildman–Crippen LogP) is 1.01. The Bertz CT molecular complexity index is 288. The number of hydrogen-bond acceptors (Lipinski definition) is 5. The fourth-order valence-electron chi connectivity index (χ4n) is 0.820. The normalized spacial score (nSPS) is 10.5. The second kappa shape index (κ2) is 4.23. The summed E-state index contributed by atoms with van der Waals surface area (Å²) in [5, 5.41) is 3.02. The molecule has 1 aromatic heterocycles. The lowest BCUT2D eigenvalue weighted by Gasteiger charge is -2.08. The predicted molar refractivity (Wildman–Crippen MR) is 52.6 cm³/mol. The summed E-state index contributed by atoms with van der Waals surface area (Å²) in [6.45, 7) is 3.97. The second-order valence-corrected chi connectivity index (χ2v) is 3.13. The fraction of sp³-hybridized carbons (Fsp3) is 0.571. The molecule has 3 N–H and O–H groups in total. The van der Waals surface area contributed by atoms with Crippen LogP contribution in [0, 0.1) is 0 Å². The summed E-state index contributed by atoms with van der Waals surface area (Å²) in [6, 6.07) is 0.255. The molecule has 0 aliphatic rings. The van der Waals surface area contributed by atoms with Crippen molar-refractivity contribution in [1.29, 1.82) is 0 Å². The number of anilines is 2. The third-order valence-corrected chi connectivity index (χ3v) is 1.48. The van der Waals surface area contributed by atoms with Crippen molar-refractivity contribution in [1.82, 2.24) is 15.0 Å². The van der Waals surface area contributed by atoms with Gasteiger partial charge in [-0.3, -0.25) is 0 Å². The summed E-state index contributed by atoms with van der Waals surface area (Å²) in [5.74, 6) is 1.38. The summed E-state index contributed by atoms with van der Waals surface area (Å²) in [7, 11) is 0. The number of halogens is 1. The molecule has 0 saturated carbocycles. The number of aromatic nitrogens is 3. The zero-order valence-corrected chi connectivity index (χ0v) is 8.34. The zero-order valence-electron chi connectivity index (χ0n) is 7.58. The number of nitrogen functional groups attached to an aromatic ring is 1. The van der Waals surface area contributed by atoms with Crippen molar-refractivity contribution >= 4 is 23.5 Å². The molecule has 0 atom stereocenters. The van der Waals surface area contributed by atoms with E-state index in [2.05, 4.69) is 20.3 Å². The molecule has 0 aliphatic heterocycles. The van der Waals surface area contributed by atoms with E-state index in [-0.39, 0.29) is 17.9 Å². The first-order valence-corrected chi connectivity index (χ1v) is 4.48. The van der Waals surface area contributed by atoms with Gasteiger partial charge in [0.25, 0.3) is 0 Å². The van der Waals surface area contributed by atoms with Gasteiger partial charge in [-0.1, -0.05) is 0 Å². The highest BCUT2D eigenvalue weighted by Gasteiger charge is 2.03. The Morgan fingerprint density at radius 2 is 2.08 bits per heavy atom. The monoisotopic (exact) mass is 201 g/mol. The number of rotatable bonds is 3. The van der Waals surface area contributed by atoms with Gasteiger partial charge in [0, 0.05) is 6.04 Å². The van der Waals surface area contributed by atoms with E-state index in [1.165, 1.54) is 0 Å². The van der Waals surface area contributed by atoms with Crippen LogP contribution >= 0.6 is 11.6 Å². The molecule has 0 fully saturated rings. The van der Waals surface area contributed by atoms with Crippen molar-refractivity contribution in [3.05, 3.63) is 5.82 Å². The Morgan fingerprint density at radius 3 is 2.62 bits per heavy atom. The molecule has 0 radical (unpaired) electrons. The summed E-state index contributed by atoms with van der Waals surface area (Å²) in [4.78, 5) is 11.8. The summed E-state index contributed by atoms with van der Waals surface area (Å²) in [6.07, 6.45) is 0. The highest BCUT2D eigenvalue weighted by molar-refractivity contribution is 6.16. The number of alkyl halides is 1. The van der Waals surface area contributed by atoms with Crippen molar-refractivity contribution in [3.63, 3.8) is 0 Å². The molecule has 13 heavy (non-hydrogen) atoms. The topological polar surface area (TPSA) is 76.7 Å². The molecule has 1 rings (SSSR count). The molecule has 0 aromatic carbocycles. The Kier molecular flexibility index (Phi) is 3.25. The Balaban J connectivity index is 2.88. The largest absolute Gasteiger partial charge is 0.368 e. The highest BCUT2D eigenvalue weighted by Crippen LogP contribution is 2.05. The zero-order chi connectivity index (χ0) is 9.84. The van der Waals surface area contributed by atoms with Crippen molar-refractivity contribution in [3.8, 4) is 0 Å². The van der Waals surface area contributed by atoms with E-state index < -0.39 is 0 Å². The van der Waals surface area contributed by atoms with Gasteiger partial charge >= 0.3 is 0 Å². The Labute approximate surface area is 81.7 Å². The average Bonchev–Trinajstić information content (AvgIpc) is 2.01. The van der Waals surface area contributed by atoms with Crippen LogP contribution in [0.2, 0.25) is 0 Å². The maximum absolute atomic E-state index is 5.57. The quantitative estimate of drug-likeness (QED) is 0.714. The van der Waals surface area contributed by atoms with Gasteiger partial charge in [0.05, 0.1) is 5.88 Å². The van der Waals surface area contributed by atoms with Gasteiger partial charge in [-0.25, -0.2) is 0 Å². The summed E-state index contributed by atoms with van der Waals surface area (Å²) in [5.41, 5.74) is 5.45. The van der Waals surface area contributed by atoms with Crippen LogP contribution in [-0.2, 0) is 5.88 Å². The van der Waals surface area contributed by atoms with Gasteiger partial charge in [0.2, 0.25) is 11.9 Å². The third-order valence-electron chi connectivity index (χ3n) is 1.24. The van der Waals surface area contributed by atoms with E-state index >= 15 is 0 Å². The lowest BCUT2D eigenvalue weighted by atomic mass is 10.4. The molecular formula is C7H12ClN5. The second-order valence-electron chi connectivity index (χ2n) is 2.87. The molecular weight excluding hydrogens is 190 g/mol. The molecule has 6 heteroatoms. The van der Waals surface area contributed by atoms with Crippen molar-refractivity contribution in [2.45, 2.75) is 25.8 Å². The SMILES string of the molecule is CC(C)Nc1nc(N)nc(CCl)n1. The first-order valence-electron chi connectivity index (χ1n) is 3.94. The molecule has 0 unspecified atom stereocenters. The van der Waals surface area contributed by atoms with Crippen LogP contribution in [0.5, 0.6) is 0 Å². The first kappa shape index (κ1) is 9.98. The molecule has 5 nitrogen and oxygen atoms in total. The molecule has 0 aliphatic carbocycles. The van der Waals surface area contributed by atoms with E-state index in [0.717, 1.165) is 0 Å². The standard InChI is InChI=1S/C7H12ClN5/c1-4(2)10-7-12-5(3-8)11-6(9)13-7/h4H,3H2,1-2H3,(H3,9,10,11,12,13). The van der Waals surface area contributed by atoms with E-state index in [9.17, 15) is 0 Å². The molecule has 0 spiro atoms. The smallest absolute Gasteiger partial charge is 0.227 e. The molecule has 1 heterocycles. The molecule has 0 saturated heterocycles. The maximum Gasteiger partial charge on any atom is 0.227 e. The van der Waals surface area contributed by atoms with Crippen LogP contribution in [0.15, 0.2) is 0 Å². The third kappa shape index (κ3) is 3.02. The van der Waals surface area contributed by atoms with Crippen LogP contribution in [0.25, 0.3) is 0 Å². The minimum Gasteiger partial charge on any atom is -0.368 e. The van der Waals surface area contributed by atoms with Gasteiger partial charge in [0.15, 0.2) is 5.82 Å². The molecule has 1 aromatic rings. The number of nitrogens with zero attached hydrogens (tertiary/aromatic N) is 3.